The quantitative estimate of drug-likeness (QED) is 0.0478. The van der Waals surface area contributed by atoms with Gasteiger partial charge in [-0.25, -0.2) is 8.98 Å². The molecule has 0 bridgehead atoms. The lowest BCUT2D eigenvalue weighted by atomic mass is 9.92. The second-order valence-electron chi connectivity index (χ2n) is 6.90. The maximum Gasteiger partial charge on any atom is 0.397 e. The highest BCUT2D eigenvalue weighted by Crippen LogP contribution is 2.30. The predicted molar refractivity (Wildman–Crippen MR) is 106 cm³/mol. The van der Waals surface area contributed by atoms with Crippen LogP contribution in [0, 0.1) is 18.3 Å². The van der Waals surface area contributed by atoms with Gasteiger partial charge in [-0.3, -0.25) is 4.55 Å². The van der Waals surface area contributed by atoms with Crippen molar-refractivity contribution in [3.8, 4) is 12.3 Å². The van der Waals surface area contributed by atoms with Crippen LogP contribution in [0.3, 0.4) is 0 Å². The smallest absolute Gasteiger partial charge is 0.397 e. The predicted octanol–water partition coefficient (Wildman–Crippen LogP) is -3.27. The van der Waals surface area contributed by atoms with E-state index < -0.39 is 77.9 Å². The van der Waals surface area contributed by atoms with Gasteiger partial charge in [-0.05, 0) is 0 Å². The highest BCUT2D eigenvalue weighted by molar-refractivity contribution is 7.80. The van der Waals surface area contributed by atoms with Gasteiger partial charge < -0.3 is 44.6 Å². The molecule has 0 aromatic rings. The Hall–Kier alpha value is -1.91. The molecular formula is C17H27NO14S. The number of carboxylic acids is 1. The van der Waals surface area contributed by atoms with E-state index in [4.69, 9.17) is 30.3 Å². The van der Waals surface area contributed by atoms with Crippen LogP contribution in [0.2, 0.25) is 0 Å². The largest absolute Gasteiger partial charge is 0.479 e. The fourth-order valence-corrected chi connectivity index (χ4v) is 3.19. The Balaban J connectivity index is 3.09. The zero-order valence-corrected chi connectivity index (χ0v) is 18.4. The number of terminal acetylenes is 1. The van der Waals surface area contributed by atoms with Crippen molar-refractivity contribution in [2.24, 2.45) is 11.1 Å². The van der Waals surface area contributed by atoms with Gasteiger partial charge in [0, 0.05) is 13.0 Å². The summed E-state index contributed by atoms with van der Waals surface area (Å²) in [5, 5.41) is 53.3. The molecule has 33 heavy (non-hydrogen) atoms. The third kappa shape index (κ3) is 8.75. The van der Waals surface area contributed by atoms with E-state index in [0.717, 1.165) is 0 Å². The summed E-state index contributed by atoms with van der Waals surface area (Å²) < 4.78 is 50.7. The van der Waals surface area contributed by atoms with Crippen LogP contribution in [0.25, 0.3) is 0 Å². The van der Waals surface area contributed by atoms with E-state index in [1.54, 1.807) is 0 Å². The number of nitrogens with zero attached hydrogens (tertiary/aromatic N) is 1. The molecule has 1 rings (SSSR count). The molecule has 0 aromatic heterocycles. The number of ether oxygens (including phenoxy) is 3. The molecule has 0 spiro atoms. The van der Waals surface area contributed by atoms with Crippen molar-refractivity contribution in [1.29, 1.82) is 0 Å². The molecule has 4 unspecified atom stereocenters. The molecule has 190 valence electrons. The first-order chi connectivity index (χ1) is 15.3. The van der Waals surface area contributed by atoms with Gasteiger partial charge in [-0.1, -0.05) is 18.0 Å². The zero-order valence-electron chi connectivity index (χ0n) is 17.6. The van der Waals surface area contributed by atoms with Crippen molar-refractivity contribution in [3.63, 3.8) is 0 Å². The minimum Gasteiger partial charge on any atom is -0.479 e. The summed E-state index contributed by atoms with van der Waals surface area (Å²) >= 11 is 0. The molecule has 0 aromatic carbocycles. The summed E-state index contributed by atoms with van der Waals surface area (Å²) in [5.41, 5.74) is 0. The summed E-state index contributed by atoms with van der Waals surface area (Å²) in [6.07, 6.45) is -8.20. The van der Waals surface area contributed by atoms with Gasteiger partial charge in [0.25, 0.3) is 0 Å². The van der Waals surface area contributed by atoms with Crippen LogP contribution >= 0.6 is 0 Å². The summed E-state index contributed by atoms with van der Waals surface area (Å²) in [6, 6.07) is 0. The number of aliphatic hydroxyl groups is 4. The number of carbonyl (C=O) groups is 1. The van der Waals surface area contributed by atoms with Crippen molar-refractivity contribution in [2.75, 3.05) is 20.3 Å². The van der Waals surface area contributed by atoms with Gasteiger partial charge in [0.05, 0.1) is 18.9 Å². The fourth-order valence-electron chi connectivity index (χ4n) is 2.89. The lowest BCUT2D eigenvalue weighted by Gasteiger charge is -2.44. The van der Waals surface area contributed by atoms with Crippen LogP contribution in [0.15, 0.2) is 5.16 Å². The lowest BCUT2D eigenvalue weighted by molar-refractivity contribution is -0.311. The van der Waals surface area contributed by atoms with Crippen LogP contribution in [-0.2, 0) is 38.4 Å². The van der Waals surface area contributed by atoms with Crippen LogP contribution in [0.4, 0.5) is 0 Å². The maximum atomic E-state index is 11.3. The SMILES string of the molecule is C#CCO/N=C\C(O)[C@@H](O)[C@H](O[C@H]1OC(COS(=O)(=O)O)[C@@H](OC)[C@H](O)C1C)C(O)C(=O)O. The first kappa shape index (κ1) is 29.1. The number of rotatable bonds is 13. The van der Waals surface area contributed by atoms with E-state index in [1.807, 2.05) is 0 Å². The Labute approximate surface area is 189 Å². The molecule has 1 fully saturated rings. The lowest BCUT2D eigenvalue weighted by Crippen LogP contribution is -2.59. The van der Waals surface area contributed by atoms with Crippen LogP contribution < -0.4 is 0 Å². The van der Waals surface area contributed by atoms with Crippen molar-refractivity contribution in [3.05, 3.63) is 0 Å². The maximum absolute atomic E-state index is 11.3. The van der Waals surface area contributed by atoms with Gasteiger partial charge in [0.2, 0.25) is 0 Å². The van der Waals surface area contributed by atoms with Crippen LogP contribution in [-0.4, -0.2) is 120 Å². The molecule has 1 heterocycles. The summed E-state index contributed by atoms with van der Waals surface area (Å²) in [4.78, 5) is 15.9. The molecule has 16 heteroatoms. The summed E-state index contributed by atoms with van der Waals surface area (Å²) in [6.45, 7) is 0.316. The average Bonchev–Trinajstić information content (AvgIpc) is 2.74. The number of hydrogen-bond donors (Lipinski definition) is 6. The van der Waals surface area contributed by atoms with Crippen molar-refractivity contribution >= 4 is 22.6 Å². The first-order valence-corrected chi connectivity index (χ1v) is 10.7. The molecule has 1 aliphatic rings. The summed E-state index contributed by atoms with van der Waals surface area (Å²) in [5.74, 6) is -0.712. The van der Waals surface area contributed by atoms with Crippen LogP contribution in [0.5, 0.6) is 0 Å². The normalized spacial score (nSPS) is 29.7. The Morgan fingerprint density at radius 1 is 1.33 bits per heavy atom. The van der Waals surface area contributed by atoms with Gasteiger partial charge >= 0.3 is 16.4 Å². The second kappa shape index (κ2) is 13.1. The number of carboxylic acid groups (broad SMARTS) is 1. The van der Waals surface area contributed by atoms with E-state index in [0.29, 0.717) is 6.21 Å². The highest BCUT2D eigenvalue weighted by atomic mass is 32.3. The van der Waals surface area contributed by atoms with Crippen molar-refractivity contribution < 1.29 is 66.5 Å². The van der Waals surface area contributed by atoms with Gasteiger partial charge in [0.15, 0.2) is 19.0 Å². The molecule has 1 aliphatic heterocycles. The molecule has 0 amide bonds. The molecule has 15 nitrogen and oxygen atoms in total. The average molecular weight is 501 g/mol. The number of aliphatic hydroxyl groups excluding tert-OH is 4. The van der Waals surface area contributed by atoms with Crippen molar-refractivity contribution in [1.82, 2.24) is 0 Å². The van der Waals surface area contributed by atoms with Gasteiger partial charge in [-0.15, -0.1) is 6.42 Å². The molecule has 6 N–H and O–H groups in total. The monoisotopic (exact) mass is 501 g/mol. The number of methoxy groups -OCH3 is 1. The molecule has 0 saturated carbocycles. The fraction of sp³-hybridized carbons (Fsp3) is 0.765. The van der Waals surface area contributed by atoms with Gasteiger partial charge in [0.1, 0.15) is 30.5 Å². The minimum atomic E-state index is -4.88. The van der Waals surface area contributed by atoms with E-state index in [1.165, 1.54) is 14.0 Å². The van der Waals surface area contributed by atoms with Crippen molar-refractivity contribution in [2.45, 2.75) is 55.9 Å². The van der Waals surface area contributed by atoms with Gasteiger partial charge in [-0.2, -0.15) is 8.42 Å². The number of hydrogen-bond acceptors (Lipinski definition) is 13. The molecule has 0 radical (unpaired) electrons. The Morgan fingerprint density at radius 3 is 2.48 bits per heavy atom. The van der Waals surface area contributed by atoms with E-state index in [2.05, 4.69) is 20.1 Å². The summed E-state index contributed by atoms with van der Waals surface area (Å²) in [7, 11) is -3.69. The minimum absolute atomic E-state index is 0.254. The topological polar surface area (TPSA) is 231 Å². The molecular weight excluding hydrogens is 474 g/mol. The Bertz CT molecular complexity index is 798. The Kier molecular flexibility index (Phi) is 11.6. The van der Waals surface area contributed by atoms with E-state index >= 15 is 0 Å². The highest BCUT2D eigenvalue weighted by Gasteiger charge is 2.47. The number of oxime groups is 1. The van der Waals surface area contributed by atoms with E-state index in [-0.39, 0.29) is 6.61 Å². The molecule has 9 atom stereocenters. The third-order valence-corrected chi connectivity index (χ3v) is 5.05. The number of aliphatic carboxylic acids is 1. The second-order valence-corrected chi connectivity index (χ2v) is 7.99. The zero-order chi connectivity index (χ0) is 25.3. The molecule has 0 aliphatic carbocycles. The molecule has 1 saturated heterocycles. The van der Waals surface area contributed by atoms with E-state index in [9.17, 15) is 33.6 Å². The first-order valence-electron chi connectivity index (χ1n) is 9.33. The third-order valence-electron chi connectivity index (χ3n) is 4.61. The standard InChI is InChI=1S/C17H27NO14S/c1-4-5-29-18-6-9(19)12(21)15(13(22)16(23)24)32-17-8(2)11(20)14(28-3)10(31-17)7-30-33(25,26)27/h1,6,8-15,17,19-22H,5,7H2,2-3H3,(H,23,24)(H,25,26,27)/b18-6-/t8?,9?,10?,11-,12-,13?,14-,15+,17-/m1/s1. The Morgan fingerprint density at radius 2 is 1.97 bits per heavy atom. The van der Waals surface area contributed by atoms with Crippen LogP contribution in [0.1, 0.15) is 6.92 Å².